The molecule has 2 rings (SSSR count). The van der Waals surface area contributed by atoms with Gasteiger partial charge in [0.15, 0.2) is 0 Å². The number of nitrogens with zero attached hydrogens (tertiary/aromatic N) is 1. The van der Waals surface area contributed by atoms with Gasteiger partial charge in [-0.1, -0.05) is 19.9 Å². The summed E-state index contributed by atoms with van der Waals surface area (Å²) in [6.07, 6.45) is 1.67. The molecule has 19 heavy (non-hydrogen) atoms. The van der Waals surface area contributed by atoms with Crippen LogP contribution in [-0.4, -0.2) is 22.0 Å². The maximum atomic E-state index is 12.1. The van der Waals surface area contributed by atoms with Crippen molar-refractivity contribution in [3.05, 3.63) is 30.1 Å². The van der Waals surface area contributed by atoms with Crippen LogP contribution in [0.25, 0.3) is 0 Å². The Morgan fingerprint density at radius 2 is 2.05 bits per heavy atom. The number of aliphatic carboxylic acids is 1. The van der Waals surface area contributed by atoms with Gasteiger partial charge in [0.05, 0.1) is 23.6 Å². The van der Waals surface area contributed by atoms with Crippen LogP contribution >= 0.6 is 0 Å². The number of carboxylic acids is 1. The lowest BCUT2D eigenvalue weighted by Crippen LogP contribution is -2.30. The van der Waals surface area contributed by atoms with E-state index >= 15 is 0 Å². The first-order valence-corrected chi connectivity index (χ1v) is 6.30. The van der Waals surface area contributed by atoms with Crippen molar-refractivity contribution in [1.29, 1.82) is 0 Å². The first kappa shape index (κ1) is 13.5. The van der Waals surface area contributed by atoms with Crippen LogP contribution < -0.4 is 5.32 Å². The van der Waals surface area contributed by atoms with E-state index in [1.807, 2.05) is 39.0 Å². The number of carbonyl (C=O) groups excluding carboxylic acids is 1. The lowest BCUT2D eigenvalue weighted by atomic mass is 10.1. The standard InChI is InChI=1S/C14H18N2O3/c1-8(9-6-4-5-7-15-9)16-12(17)10-11(13(18)19)14(10,2)3/h4-8,10-11H,1-3H3,(H,16,17)(H,18,19)/t8-,10+,11-/m0/s1. The predicted molar refractivity (Wildman–Crippen MR) is 69.2 cm³/mol. The van der Waals surface area contributed by atoms with Crippen molar-refractivity contribution in [2.75, 3.05) is 0 Å². The van der Waals surface area contributed by atoms with Gasteiger partial charge in [-0.3, -0.25) is 14.6 Å². The van der Waals surface area contributed by atoms with Crippen molar-refractivity contribution >= 4 is 11.9 Å². The molecule has 1 aliphatic carbocycles. The lowest BCUT2D eigenvalue weighted by molar-refractivity contribution is -0.140. The maximum absolute atomic E-state index is 12.1. The van der Waals surface area contributed by atoms with Crippen LogP contribution in [0, 0.1) is 17.3 Å². The normalized spacial score (nSPS) is 25.4. The number of carboxylic acid groups (broad SMARTS) is 1. The highest BCUT2D eigenvalue weighted by molar-refractivity contribution is 5.91. The van der Waals surface area contributed by atoms with Crippen molar-refractivity contribution in [3.8, 4) is 0 Å². The van der Waals surface area contributed by atoms with E-state index in [4.69, 9.17) is 5.11 Å². The van der Waals surface area contributed by atoms with Crippen molar-refractivity contribution in [2.45, 2.75) is 26.8 Å². The van der Waals surface area contributed by atoms with E-state index in [9.17, 15) is 9.59 Å². The zero-order valence-electron chi connectivity index (χ0n) is 11.3. The fraction of sp³-hybridized carbons (Fsp3) is 0.500. The second-order valence-electron chi connectivity index (χ2n) is 5.60. The molecule has 5 nitrogen and oxygen atoms in total. The molecule has 1 aromatic heterocycles. The van der Waals surface area contributed by atoms with E-state index in [0.717, 1.165) is 5.69 Å². The Kier molecular flexibility index (Phi) is 3.30. The van der Waals surface area contributed by atoms with E-state index in [1.165, 1.54) is 0 Å². The van der Waals surface area contributed by atoms with E-state index in [1.54, 1.807) is 6.20 Å². The van der Waals surface area contributed by atoms with Crippen LogP contribution in [0.4, 0.5) is 0 Å². The Labute approximate surface area is 112 Å². The van der Waals surface area contributed by atoms with E-state index in [0.29, 0.717) is 0 Å². The van der Waals surface area contributed by atoms with Gasteiger partial charge in [0.1, 0.15) is 0 Å². The molecule has 5 heteroatoms. The molecule has 1 saturated carbocycles. The highest BCUT2D eigenvalue weighted by Crippen LogP contribution is 2.58. The summed E-state index contributed by atoms with van der Waals surface area (Å²) >= 11 is 0. The summed E-state index contributed by atoms with van der Waals surface area (Å²) in [7, 11) is 0. The molecule has 1 aliphatic rings. The molecule has 3 atom stereocenters. The van der Waals surface area contributed by atoms with Crippen LogP contribution in [0.2, 0.25) is 0 Å². The average Bonchev–Trinajstić information content (AvgIpc) is 2.93. The van der Waals surface area contributed by atoms with Gasteiger partial charge < -0.3 is 10.4 Å². The number of amides is 1. The lowest BCUT2D eigenvalue weighted by Gasteiger charge is -2.13. The monoisotopic (exact) mass is 262 g/mol. The molecular formula is C14H18N2O3. The second kappa shape index (κ2) is 4.64. The summed E-state index contributed by atoms with van der Waals surface area (Å²) in [6, 6.07) is 5.27. The van der Waals surface area contributed by atoms with E-state index in [-0.39, 0.29) is 11.9 Å². The molecule has 0 radical (unpaired) electrons. The number of aromatic nitrogens is 1. The molecule has 1 heterocycles. The molecular weight excluding hydrogens is 244 g/mol. The summed E-state index contributed by atoms with van der Waals surface area (Å²) in [5.41, 5.74) is 0.293. The first-order chi connectivity index (χ1) is 8.85. The highest BCUT2D eigenvalue weighted by atomic mass is 16.4. The zero-order valence-corrected chi connectivity index (χ0v) is 11.3. The molecule has 1 amide bonds. The van der Waals surface area contributed by atoms with Gasteiger partial charge in [-0.25, -0.2) is 0 Å². The Balaban J connectivity index is 2.02. The number of pyridine rings is 1. The van der Waals surface area contributed by atoms with Crippen molar-refractivity contribution in [3.63, 3.8) is 0 Å². The smallest absolute Gasteiger partial charge is 0.307 e. The average molecular weight is 262 g/mol. The van der Waals surface area contributed by atoms with E-state index in [2.05, 4.69) is 10.3 Å². The number of nitrogens with one attached hydrogen (secondary N) is 1. The van der Waals surface area contributed by atoms with Crippen LogP contribution in [-0.2, 0) is 9.59 Å². The second-order valence-corrected chi connectivity index (χ2v) is 5.60. The molecule has 1 fully saturated rings. The minimum atomic E-state index is -0.907. The van der Waals surface area contributed by atoms with Gasteiger partial charge in [0.25, 0.3) is 0 Å². The quantitative estimate of drug-likeness (QED) is 0.864. The van der Waals surface area contributed by atoms with Gasteiger partial charge in [0.2, 0.25) is 5.91 Å². The molecule has 0 aliphatic heterocycles. The molecule has 0 spiro atoms. The number of hydrogen-bond acceptors (Lipinski definition) is 3. The molecule has 0 unspecified atom stereocenters. The number of rotatable bonds is 4. The molecule has 102 valence electrons. The van der Waals surface area contributed by atoms with Crippen molar-refractivity contribution < 1.29 is 14.7 Å². The van der Waals surface area contributed by atoms with E-state index < -0.39 is 23.2 Å². The third-order valence-electron chi connectivity index (χ3n) is 3.87. The summed E-state index contributed by atoms with van der Waals surface area (Å²) in [5.74, 6) is -2.18. The third-order valence-corrected chi connectivity index (χ3v) is 3.87. The Hall–Kier alpha value is -1.91. The summed E-state index contributed by atoms with van der Waals surface area (Å²) < 4.78 is 0. The Morgan fingerprint density at radius 1 is 1.37 bits per heavy atom. The van der Waals surface area contributed by atoms with Gasteiger partial charge in [0, 0.05) is 6.20 Å². The summed E-state index contributed by atoms with van der Waals surface area (Å²) in [5, 5.41) is 11.9. The molecule has 0 aromatic carbocycles. The first-order valence-electron chi connectivity index (χ1n) is 6.30. The largest absolute Gasteiger partial charge is 0.481 e. The molecule has 1 aromatic rings. The number of hydrogen-bond donors (Lipinski definition) is 2. The summed E-state index contributed by atoms with van der Waals surface area (Å²) in [4.78, 5) is 27.3. The maximum Gasteiger partial charge on any atom is 0.307 e. The van der Waals surface area contributed by atoms with Gasteiger partial charge in [-0.05, 0) is 24.5 Å². The van der Waals surface area contributed by atoms with Crippen molar-refractivity contribution in [1.82, 2.24) is 10.3 Å². The minimum Gasteiger partial charge on any atom is -0.481 e. The molecule has 0 saturated heterocycles. The fourth-order valence-electron chi connectivity index (χ4n) is 2.60. The van der Waals surface area contributed by atoms with Crippen LogP contribution in [0.1, 0.15) is 32.5 Å². The zero-order chi connectivity index (χ0) is 14.2. The highest BCUT2D eigenvalue weighted by Gasteiger charge is 2.65. The number of carbonyl (C=O) groups is 2. The predicted octanol–water partition coefficient (Wildman–Crippen LogP) is 1.62. The molecule has 0 bridgehead atoms. The van der Waals surface area contributed by atoms with Gasteiger partial charge in [-0.15, -0.1) is 0 Å². The SMILES string of the molecule is C[C@H](NC(=O)[C@H]1[C@@H](C(=O)O)C1(C)C)c1ccccn1. The van der Waals surface area contributed by atoms with Crippen LogP contribution in [0.5, 0.6) is 0 Å². The fourth-order valence-corrected chi connectivity index (χ4v) is 2.60. The van der Waals surface area contributed by atoms with Crippen LogP contribution in [0.15, 0.2) is 24.4 Å². The van der Waals surface area contributed by atoms with Crippen molar-refractivity contribution in [2.24, 2.45) is 17.3 Å². The van der Waals surface area contributed by atoms with Gasteiger partial charge in [-0.2, -0.15) is 0 Å². The molecule has 2 N–H and O–H groups in total. The third kappa shape index (κ3) is 2.45. The topological polar surface area (TPSA) is 79.3 Å². The summed E-state index contributed by atoms with van der Waals surface area (Å²) in [6.45, 7) is 5.45. The minimum absolute atomic E-state index is 0.212. The Bertz CT molecular complexity index is 499. The van der Waals surface area contributed by atoms with Crippen LogP contribution in [0.3, 0.4) is 0 Å². The Morgan fingerprint density at radius 3 is 2.53 bits per heavy atom. The van der Waals surface area contributed by atoms with Gasteiger partial charge >= 0.3 is 5.97 Å².